The van der Waals surface area contributed by atoms with E-state index in [4.69, 9.17) is 5.73 Å². The Morgan fingerprint density at radius 3 is 2.45 bits per heavy atom. The zero-order valence-electron chi connectivity index (χ0n) is 13.0. The molecule has 0 aliphatic carbocycles. The fourth-order valence-electron chi connectivity index (χ4n) is 2.33. The van der Waals surface area contributed by atoms with Crippen molar-refractivity contribution in [2.45, 2.75) is 26.3 Å². The first-order valence-electron chi connectivity index (χ1n) is 7.02. The molecule has 3 N–H and O–H groups in total. The van der Waals surface area contributed by atoms with Crippen LogP contribution in [0.3, 0.4) is 0 Å². The van der Waals surface area contributed by atoms with E-state index in [1.54, 1.807) is 0 Å². The number of hydrogen-bond acceptors (Lipinski definition) is 3. The van der Waals surface area contributed by atoms with Gasteiger partial charge in [0, 0.05) is 13.1 Å². The van der Waals surface area contributed by atoms with Gasteiger partial charge in [-0.3, -0.25) is 4.79 Å². The number of rotatable bonds is 7. The predicted octanol–water partition coefficient (Wildman–Crippen LogP) is 1.26. The summed E-state index contributed by atoms with van der Waals surface area (Å²) in [5.41, 5.74) is 7.08. The lowest BCUT2D eigenvalue weighted by molar-refractivity contribution is -0.122. The van der Waals surface area contributed by atoms with Gasteiger partial charge in [0.1, 0.15) is 0 Å². The molecule has 0 aliphatic heterocycles. The Labute approximate surface area is 122 Å². The molecule has 1 amide bonds. The van der Waals surface area contributed by atoms with Crippen LogP contribution in [-0.2, 0) is 11.2 Å². The van der Waals surface area contributed by atoms with E-state index in [-0.39, 0.29) is 11.3 Å². The number of nitrogens with zero attached hydrogens (tertiary/aromatic N) is 1. The van der Waals surface area contributed by atoms with Gasteiger partial charge >= 0.3 is 0 Å². The molecule has 4 nitrogen and oxygen atoms in total. The van der Waals surface area contributed by atoms with Crippen LogP contribution >= 0.6 is 0 Å². The number of amides is 1. The molecular weight excluding hydrogens is 250 g/mol. The molecule has 1 atom stereocenters. The Bertz CT molecular complexity index is 415. The van der Waals surface area contributed by atoms with Crippen molar-refractivity contribution in [3.8, 4) is 0 Å². The van der Waals surface area contributed by atoms with E-state index in [1.807, 2.05) is 44.4 Å². The third-order valence-electron chi connectivity index (χ3n) is 3.12. The molecule has 0 heterocycles. The Kier molecular flexibility index (Phi) is 6.17. The molecule has 0 aromatic heterocycles. The van der Waals surface area contributed by atoms with E-state index in [9.17, 15) is 4.79 Å². The molecule has 0 bridgehead atoms. The maximum absolute atomic E-state index is 12.0. The van der Waals surface area contributed by atoms with Crippen molar-refractivity contribution in [1.82, 2.24) is 10.2 Å². The first kappa shape index (κ1) is 16.7. The van der Waals surface area contributed by atoms with Gasteiger partial charge in [0.05, 0.1) is 6.04 Å². The molecule has 1 aromatic rings. The van der Waals surface area contributed by atoms with Gasteiger partial charge in [0.15, 0.2) is 0 Å². The molecule has 0 saturated carbocycles. The zero-order valence-corrected chi connectivity index (χ0v) is 13.0. The first-order chi connectivity index (χ1) is 9.30. The Morgan fingerprint density at radius 1 is 1.30 bits per heavy atom. The van der Waals surface area contributed by atoms with Gasteiger partial charge in [-0.15, -0.1) is 0 Å². The standard InChI is InChI=1S/C16H27N3O/c1-16(2,12-19(3)4)11-18-15(20)14(17)10-13-8-6-5-7-9-13/h5-9,14H,10-12,17H2,1-4H3,(H,18,20)/t14-/m1/s1. The summed E-state index contributed by atoms with van der Waals surface area (Å²) >= 11 is 0. The molecule has 112 valence electrons. The summed E-state index contributed by atoms with van der Waals surface area (Å²) < 4.78 is 0. The average Bonchev–Trinajstić information content (AvgIpc) is 2.35. The fraction of sp³-hybridized carbons (Fsp3) is 0.562. The van der Waals surface area contributed by atoms with Crippen molar-refractivity contribution in [2.24, 2.45) is 11.1 Å². The van der Waals surface area contributed by atoms with E-state index in [2.05, 4.69) is 24.1 Å². The maximum atomic E-state index is 12.0. The van der Waals surface area contributed by atoms with Crippen LogP contribution in [0.15, 0.2) is 30.3 Å². The molecular formula is C16H27N3O. The predicted molar refractivity (Wildman–Crippen MR) is 83.5 cm³/mol. The second-order valence-electron chi connectivity index (χ2n) is 6.42. The normalized spacial score (nSPS) is 13.3. The highest BCUT2D eigenvalue weighted by Crippen LogP contribution is 2.14. The molecule has 20 heavy (non-hydrogen) atoms. The van der Waals surface area contributed by atoms with Crippen molar-refractivity contribution in [1.29, 1.82) is 0 Å². The van der Waals surface area contributed by atoms with Crippen LogP contribution in [0, 0.1) is 5.41 Å². The van der Waals surface area contributed by atoms with Gasteiger partial charge in [-0.2, -0.15) is 0 Å². The van der Waals surface area contributed by atoms with Gasteiger partial charge in [0.25, 0.3) is 0 Å². The number of nitrogens with two attached hydrogens (primary N) is 1. The van der Waals surface area contributed by atoms with E-state index in [0.29, 0.717) is 13.0 Å². The number of nitrogens with one attached hydrogen (secondary N) is 1. The molecule has 0 unspecified atom stereocenters. The summed E-state index contributed by atoms with van der Waals surface area (Å²) in [6.07, 6.45) is 0.570. The van der Waals surface area contributed by atoms with Crippen LogP contribution in [0.4, 0.5) is 0 Å². The quantitative estimate of drug-likeness (QED) is 0.789. The van der Waals surface area contributed by atoms with Crippen molar-refractivity contribution in [3.05, 3.63) is 35.9 Å². The van der Waals surface area contributed by atoms with E-state index < -0.39 is 6.04 Å². The molecule has 0 spiro atoms. The number of benzene rings is 1. The smallest absolute Gasteiger partial charge is 0.237 e. The molecule has 1 aromatic carbocycles. The summed E-state index contributed by atoms with van der Waals surface area (Å²) in [5.74, 6) is -0.0827. The highest BCUT2D eigenvalue weighted by Gasteiger charge is 2.21. The van der Waals surface area contributed by atoms with Gasteiger partial charge in [-0.25, -0.2) is 0 Å². The number of carbonyl (C=O) groups excluding carboxylic acids is 1. The molecule has 0 aliphatic rings. The summed E-state index contributed by atoms with van der Waals surface area (Å²) in [7, 11) is 4.06. The topological polar surface area (TPSA) is 58.4 Å². The lowest BCUT2D eigenvalue weighted by atomic mass is 9.92. The number of hydrogen-bond donors (Lipinski definition) is 2. The third-order valence-corrected chi connectivity index (χ3v) is 3.12. The second kappa shape index (κ2) is 7.41. The van der Waals surface area contributed by atoms with E-state index in [1.165, 1.54) is 0 Å². The molecule has 4 heteroatoms. The summed E-state index contributed by atoms with van der Waals surface area (Å²) in [6, 6.07) is 9.36. The third kappa shape index (κ3) is 6.17. The maximum Gasteiger partial charge on any atom is 0.237 e. The molecule has 0 fully saturated rings. The van der Waals surface area contributed by atoms with Gasteiger partial charge in [-0.1, -0.05) is 44.2 Å². The fourth-order valence-corrected chi connectivity index (χ4v) is 2.33. The van der Waals surface area contributed by atoms with Gasteiger partial charge in [-0.05, 0) is 31.5 Å². The molecule has 0 radical (unpaired) electrons. The first-order valence-corrected chi connectivity index (χ1v) is 7.02. The lowest BCUT2D eigenvalue weighted by Gasteiger charge is -2.29. The minimum atomic E-state index is -0.493. The Hall–Kier alpha value is -1.39. The van der Waals surface area contributed by atoms with E-state index >= 15 is 0 Å². The van der Waals surface area contributed by atoms with Gasteiger partial charge < -0.3 is 16.0 Å². The van der Waals surface area contributed by atoms with Crippen LogP contribution in [0.25, 0.3) is 0 Å². The van der Waals surface area contributed by atoms with Crippen molar-refractivity contribution in [2.75, 3.05) is 27.2 Å². The molecule has 0 saturated heterocycles. The summed E-state index contributed by atoms with van der Waals surface area (Å²) in [5, 5.41) is 2.96. The highest BCUT2D eigenvalue weighted by atomic mass is 16.2. The van der Waals surface area contributed by atoms with Crippen molar-refractivity contribution in [3.63, 3.8) is 0 Å². The minimum absolute atomic E-state index is 0.0334. The Morgan fingerprint density at radius 2 is 1.90 bits per heavy atom. The largest absolute Gasteiger partial charge is 0.354 e. The van der Waals surface area contributed by atoms with Crippen LogP contribution < -0.4 is 11.1 Å². The van der Waals surface area contributed by atoms with Crippen LogP contribution in [-0.4, -0.2) is 44.0 Å². The lowest BCUT2D eigenvalue weighted by Crippen LogP contribution is -2.47. The molecule has 1 rings (SSSR count). The zero-order chi connectivity index (χ0) is 15.2. The Balaban J connectivity index is 2.42. The van der Waals surface area contributed by atoms with Crippen LogP contribution in [0.5, 0.6) is 0 Å². The van der Waals surface area contributed by atoms with Crippen LogP contribution in [0.2, 0.25) is 0 Å². The average molecular weight is 277 g/mol. The monoisotopic (exact) mass is 277 g/mol. The van der Waals surface area contributed by atoms with Crippen LogP contribution in [0.1, 0.15) is 19.4 Å². The van der Waals surface area contributed by atoms with Crippen molar-refractivity contribution >= 4 is 5.91 Å². The second-order valence-corrected chi connectivity index (χ2v) is 6.42. The van der Waals surface area contributed by atoms with Crippen molar-refractivity contribution < 1.29 is 4.79 Å². The van der Waals surface area contributed by atoms with E-state index in [0.717, 1.165) is 12.1 Å². The number of carbonyl (C=O) groups is 1. The highest BCUT2D eigenvalue weighted by molar-refractivity contribution is 5.81. The SMILES string of the molecule is CN(C)CC(C)(C)CNC(=O)[C@H](N)Cc1ccccc1. The summed E-state index contributed by atoms with van der Waals surface area (Å²) in [6.45, 7) is 5.82. The van der Waals surface area contributed by atoms with Gasteiger partial charge in [0.2, 0.25) is 5.91 Å². The minimum Gasteiger partial charge on any atom is -0.354 e. The summed E-state index contributed by atoms with van der Waals surface area (Å²) in [4.78, 5) is 14.2.